The largest absolute Gasteiger partial charge is 0.484 e. The lowest BCUT2D eigenvalue weighted by atomic mass is 10.3. The zero-order chi connectivity index (χ0) is 18.4. The molecule has 0 aliphatic heterocycles. The summed E-state index contributed by atoms with van der Waals surface area (Å²) < 4.78 is 11.4. The second-order valence-electron chi connectivity index (χ2n) is 5.19. The van der Waals surface area contributed by atoms with Gasteiger partial charge in [-0.25, -0.2) is 4.79 Å². The lowest BCUT2D eigenvalue weighted by molar-refractivity contribution is -0.139. The number of nitrogens with one attached hydrogen (secondary N) is 1. The van der Waals surface area contributed by atoms with E-state index in [1.54, 1.807) is 38.1 Å². The molecule has 1 heterocycles. The Bertz CT molecular complexity index is 838. The van der Waals surface area contributed by atoms with E-state index in [2.05, 4.69) is 11.9 Å². The van der Waals surface area contributed by atoms with Gasteiger partial charge < -0.3 is 14.8 Å². The predicted octanol–water partition coefficient (Wildman–Crippen LogP) is 2.31. The number of nitrogens with zero attached hydrogens (tertiary/aromatic N) is 1. The van der Waals surface area contributed by atoms with Crippen LogP contribution in [0.5, 0.6) is 5.75 Å². The fraction of sp³-hybridized carbons (Fsp3) is 0.235. The molecule has 0 aliphatic rings. The number of anilines is 1. The second-order valence-corrected chi connectivity index (χ2v) is 6.43. The number of amides is 1. The minimum atomic E-state index is -0.596. The van der Waals surface area contributed by atoms with E-state index < -0.39 is 17.4 Å². The third kappa shape index (κ3) is 5.32. The average Bonchev–Trinajstić information content (AvgIpc) is 2.80. The Morgan fingerprint density at radius 3 is 2.60 bits per heavy atom. The van der Waals surface area contributed by atoms with Crippen LogP contribution in [0.1, 0.15) is 11.8 Å². The van der Waals surface area contributed by atoms with Gasteiger partial charge in [-0.2, -0.15) is 0 Å². The molecule has 0 saturated carbocycles. The van der Waals surface area contributed by atoms with Gasteiger partial charge in [0, 0.05) is 4.88 Å². The number of para-hydroxylation sites is 1. The van der Waals surface area contributed by atoms with E-state index in [-0.39, 0.29) is 24.6 Å². The van der Waals surface area contributed by atoms with Gasteiger partial charge in [0.15, 0.2) is 6.61 Å². The number of benzene rings is 1. The standard InChI is InChI=1S/C17H18N2O5S/c1-11(2)24-15(21)9-19-17(22)16(12(3)25-19)18-14(20)10-23-13-7-5-4-6-8-13/h4-8H,1,9-10H2,2-3H3,(H,18,20). The molecule has 1 aromatic heterocycles. The summed E-state index contributed by atoms with van der Waals surface area (Å²) in [6.07, 6.45) is 0. The summed E-state index contributed by atoms with van der Waals surface area (Å²) in [7, 11) is 0. The Kier molecular flexibility index (Phi) is 6.13. The van der Waals surface area contributed by atoms with Gasteiger partial charge >= 0.3 is 5.97 Å². The predicted molar refractivity (Wildman–Crippen MR) is 94.8 cm³/mol. The fourth-order valence-corrected chi connectivity index (χ4v) is 2.86. The maximum absolute atomic E-state index is 12.3. The van der Waals surface area contributed by atoms with Crippen LogP contribution < -0.4 is 15.6 Å². The highest BCUT2D eigenvalue weighted by Gasteiger charge is 2.17. The number of rotatable bonds is 7. The first-order chi connectivity index (χ1) is 11.9. The van der Waals surface area contributed by atoms with Gasteiger partial charge in [-0.3, -0.25) is 13.5 Å². The molecule has 0 bridgehead atoms. The van der Waals surface area contributed by atoms with E-state index >= 15 is 0 Å². The van der Waals surface area contributed by atoms with Crippen LogP contribution in [0.2, 0.25) is 0 Å². The summed E-state index contributed by atoms with van der Waals surface area (Å²) in [4.78, 5) is 36.5. The van der Waals surface area contributed by atoms with Gasteiger partial charge in [0.2, 0.25) is 0 Å². The molecule has 0 radical (unpaired) electrons. The summed E-state index contributed by atoms with van der Waals surface area (Å²) in [5, 5.41) is 2.53. The Hall–Kier alpha value is -2.87. The Morgan fingerprint density at radius 2 is 1.96 bits per heavy atom. The minimum absolute atomic E-state index is 0.134. The highest BCUT2D eigenvalue weighted by molar-refractivity contribution is 7.07. The first-order valence-electron chi connectivity index (χ1n) is 7.41. The van der Waals surface area contributed by atoms with Crippen LogP contribution in [0.3, 0.4) is 0 Å². The van der Waals surface area contributed by atoms with Crippen LogP contribution in [-0.2, 0) is 20.9 Å². The molecule has 132 valence electrons. The molecule has 0 aliphatic carbocycles. The topological polar surface area (TPSA) is 86.6 Å². The fourth-order valence-electron chi connectivity index (χ4n) is 1.96. The van der Waals surface area contributed by atoms with Gasteiger partial charge in [-0.15, -0.1) is 0 Å². The summed E-state index contributed by atoms with van der Waals surface area (Å²) in [6.45, 7) is 6.22. The van der Waals surface area contributed by atoms with Crippen molar-refractivity contribution in [3.05, 3.63) is 57.9 Å². The van der Waals surface area contributed by atoms with Crippen LogP contribution in [0.25, 0.3) is 0 Å². The van der Waals surface area contributed by atoms with Crippen molar-refractivity contribution in [2.45, 2.75) is 20.4 Å². The van der Waals surface area contributed by atoms with Crippen molar-refractivity contribution in [1.82, 2.24) is 3.96 Å². The van der Waals surface area contributed by atoms with E-state index in [1.165, 1.54) is 3.96 Å². The molecular formula is C17H18N2O5S. The molecule has 0 unspecified atom stereocenters. The monoisotopic (exact) mass is 362 g/mol. The third-order valence-electron chi connectivity index (χ3n) is 2.98. The molecule has 1 N–H and O–H groups in total. The minimum Gasteiger partial charge on any atom is -0.484 e. The van der Waals surface area contributed by atoms with Gasteiger partial charge in [-0.1, -0.05) is 36.3 Å². The maximum atomic E-state index is 12.3. The molecule has 0 spiro atoms. The van der Waals surface area contributed by atoms with E-state index in [0.717, 1.165) is 11.5 Å². The molecule has 7 nitrogen and oxygen atoms in total. The van der Waals surface area contributed by atoms with Crippen molar-refractivity contribution in [1.29, 1.82) is 0 Å². The zero-order valence-corrected chi connectivity index (χ0v) is 14.7. The molecular weight excluding hydrogens is 344 g/mol. The van der Waals surface area contributed by atoms with Gasteiger partial charge in [0.1, 0.15) is 18.0 Å². The molecule has 2 rings (SSSR count). The van der Waals surface area contributed by atoms with Crippen LogP contribution in [0, 0.1) is 6.92 Å². The molecule has 0 saturated heterocycles. The van der Waals surface area contributed by atoms with Crippen LogP contribution in [0.15, 0.2) is 47.5 Å². The van der Waals surface area contributed by atoms with Gasteiger partial charge in [0.05, 0.1) is 5.76 Å². The van der Waals surface area contributed by atoms with E-state index in [1.807, 2.05) is 6.07 Å². The summed E-state index contributed by atoms with van der Waals surface area (Å²) in [6, 6.07) is 8.87. The van der Waals surface area contributed by atoms with Crippen LogP contribution in [0.4, 0.5) is 5.69 Å². The Labute approximate surface area is 148 Å². The van der Waals surface area contributed by atoms with Crippen molar-refractivity contribution in [2.24, 2.45) is 0 Å². The molecule has 0 atom stereocenters. The molecule has 2 aromatic rings. The third-order valence-corrected chi connectivity index (χ3v) is 3.97. The number of hydrogen-bond donors (Lipinski definition) is 1. The summed E-state index contributed by atoms with van der Waals surface area (Å²) in [5.41, 5.74) is -0.330. The second kappa shape index (κ2) is 8.29. The Morgan fingerprint density at radius 1 is 1.28 bits per heavy atom. The van der Waals surface area contributed by atoms with Crippen molar-refractivity contribution in [2.75, 3.05) is 11.9 Å². The SMILES string of the molecule is C=C(C)OC(=O)Cn1sc(C)c(NC(=O)COc2ccccc2)c1=O. The number of esters is 1. The lowest BCUT2D eigenvalue weighted by Gasteiger charge is -2.06. The number of hydrogen-bond acceptors (Lipinski definition) is 6. The highest BCUT2D eigenvalue weighted by atomic mass is 32.1. The van der Waals surface area contributed by atoms with Crippen molar-refractivity contribution >= 4 is 29.1 Å². The van der Waals surface area contributed by atoms with Gasteiger partial charge in [-0.05, 0) is 26.0 Å². The maximum Gasteiger partial charge on any atom is 0.332 e. The van der Waals surface area contributed by atoms with Crippen LogP contribution >= 0.6 is 11.5 Å². The molecule has 1 amide bonds. The van der Waals surface area contributed by atoms with Gasteiger partial charge in [0.25, 0.3) is 11.5 Å². The highest BCUT2D eigenvalue weighted by Crippen LogP contribution is 2.16. The number of aromatic nitrogens is 1. The number of aryl methyl sites for hydroxylation is 1. The first-order valence-corrected chi connectivity index (χ1v) is 8.18. The molecule has 25 heavy (non-hydrogen) atoms. The first kappa shape index (κ1) is 18.5. The normalized spacial score (nSPS) is 10.2. The van der Waals surface area contributed by atoms with Crippen molar-refractivity contribution in [3.8, 4) is 5.75 Å². The quantitative estimate of drug-likeness (QED) is 0.603. The molecule has 1 aromatic carbocycles. The Balaban J connectivity index is 2.00. The number of carbonyl (C=O) groups is 2. The van der Waals surface area contributed by atoms with Crippen molar-refractivity contribution in [3.63, 3.8) is 0 Å². The zero-order valence-electron chi connectivity index (χ0n) is 13.9. The van der Waals surface area contributed by atoms with E-state index in [0.29, 0.717) is 10.6 Å². The molecule has 0 fully saturated rings. The van der Waals surface area contributed by atoms with E-state index in [9.17, 15) is 14.4 Å². The van der Waals surface area contributed by atoms with Crippen molar-refractivity contribution < 1.29 is 19.1 Å². The number of carbonyl (C=O) groups excluding carboxylic acids is 2. The smallest absolute Gasteiger partial charge is 0.332 e. The van der Waals surface area contributed by atoms with E-state index in [4.69, 9.17) is 9.47 Å². The lowest BCUT2D eigenvalue weighted by Crippen LogP contribution is -2.26. The van der Waals surface area contributed by atoms with Crippen LogP contribution in [-0.4, -0.2) is 22.4 Å². The summed E-state index contributed by atoms with van der Waals surface area (Å²) in [5.74, 6) is -0.253. The summed E-state index contributed by atoms with van der Waals surface area (Å²) >= 11 is 1.07. The number of ether oxygens (including phenoxy) is 2. The average molecular weight is 362 g/mol. The number of allylic oxidation sites excluding steroid dienone is 1. The molecule has 8 heteroatoms.